The fraction of sp³-hybridized carbons (Fsp3) is 0.579. The van der Waals surface area contributed by atoms with E-state index in [1.165, 1.54) is 18.5 Å². The molecule has 5 nitrogen and oxygen atoms in total. The number of amides is 1. The van der Waals surface area contributed by atoms with Crippen molar-refractivity contribution in [2.75, 3.05) is 13.1 Å². The third kappa shape index (κ3) is 2.87. The van der Waals surface area contributed by atoms with E-state index in [1.807, 2.05) is 11.0 Å². The van der Waals surface area contributed by atoms with Crippen molar-refractivity contribution < 1.29 is 4.79 Å². The van der Waals surface area contributed by atoms with Crippen molar-refractivity contribution in [2.45, 2.75) is 52.0 Å². The zero-order valence-corrected chi connectivity index (χ0v) is 14.6. The van der Waals surface area contributed by atoms with Gasteiger partial charge in [0.05, 0.1) is 5.56 Å². The van der Waals surface area contributed by atoms with Crippen LogP contribution in [0.25, 0.3) is 0 Å². The molecule has 1 unspecified atom stereocenters. The van der Waals surface area contributed by atoms with E-state index < -0.39 is 0 Å². The van der Waals surface area contributed by atoms with Gasteiger partial charge in [-0.25, -0.2) is 0 Å². The van der Waals surface area contributed by atoms with Crippen molar-refractivity contribution in [1.29, 1.82) is 0 Å². The number of aryl methyl sites for hydroxylation is 1. The highest BCUT2D eigenvalue weighted by atomic mass is 16.2. The molecule has 1 saturated carbocycles. The zero-order valence-electron chi connectivity index (χ0n) is 14.6. The van der Waals surface area contributed by atoms with E-state index in [0.717, 1.165) is 55.3 Å². The highest BCUT2D eigenvalue weighted by molar-refractivity contribution is 5.95. The molecular formula is C19H26N4O. The lowest BCUT2D eigenvalue weighted by molar-refractivity contribution is 0.0705. The summed E-state index contributed by atoms with van der Waals surface area (Å²) in [7, 11) is 0. The van der Waals surface area contributed by atoms with Gasteiger partial charge >= 0.3 is 0 Å². The zero-order chi connectivity index (χ0) is 16.7. The summed E-state index contributed by atoms with van der Waals surface area (Å²) in [5.74, 6) is 1.38. The minimum atomic E-state index is 0.189. The summed E-state index contributed by atoms with van der Waals surface area (Å²) in [5, 5.41) is 7.12. The predicted molar refractivity (Wildman–Crippen MR) is 93.1 cm³/mol. The summed E-state index contributed by atoms with van der Waals surface area (Å²) in [6, 6.07) is 4.11. The number of H-pyrrole nitrogens is 1. The second-order valence-electron chi connectivity index (χ2n) is 7.44. The van der Waals surface area contributed by atoms with Gasteiger partial charge < -0.3 is 9.47 Å². The maximum Gasteiger partial charge on any atom is 0.255 e. The van der Waals surface area contributed by atoms with Crippen molar-refractivity contribution in [2.24, 2.45) is 5.92 Å². The maximum atomic E-state index is 13.1. The number of carbonyl (C=O) groups excluding carboxylic acids is 1. The van der Waals surface area contributed by atoms with Gasteiger partial charge in [-0.15, -0.1) is 0 Å². The minimum Gasteiger partial charge on any atom is -0.348 e. The van der Waals surface area contributed by atoms with E-state index in [0.29, 0.717) is 5.92 Å². The molecule has 2 aromatic rings. The molecule has 1 saturated heterocycles. The fourth-order valence-electron chi connectivity index (χ4n) is 3.94. The highest BCUT2D eigenvalue weighted by Crippen LogP contribution is 2.33. The number of rotatable bonds is 4. The third-order valence-electron chi connectivity index (χ3n) is 5.61. The van der Waals surface area contributed by atoms with E-state index in [9.17, 15) is 4.79 Å². The average molecular weight is 326 g/mol. The van der Waals surface area contributed by atoms with Gasteiger partial charge in [0.2, 0.25) is 0 Å². The first kappa shape index (κ1) is 15.5. The van der Waals surface area contributed by atoms with Crippen LogP contribution in [0.3, 0.4) is 0 Å². The molecule has 0 aromatic carbocycles. The Morgan fingerprint density at radius 2 is 2.17 bits per heavy atom. The number of hydrogen-bond donors (Lipinski definition) is 1. The van der Waals surface area contributed by atoms with Gasteiger partial charge in [-0.3, -0.25) is 9.89 Å². The number of likely N-dealkylation sites (tertiary alicyclic amines) is 1. The molecule has 2 fully saturated rings. The standard InChI is InChI=1S/C19H26N4O/c1-13-10-17(14(2)23(13)11-15-5-6-15)19(24)22-9-3-4-16(12-22)18-7-8-20-21-18/h7-8,10,15-16H,3-6,9,11-12H2,1-2H3,(H,20,21). The quantitative estimate of drug-likeness (QED) is 0.937. The predicted octanol–water partition coefficient (Wildman–Crippen LogP) is 3.26. The molecule has 24 heavy (non-hydrogen) atoms. The van der Waals surface area contributed by atoms with Crippen LogP contribution in [0, 0.1) is 19.8 Å². The highest BCUT2D eigenvalue weighted by Gasteiger charge is 2.29. The normalized spacial score (nSPS) is 21.2. The molecule has 5 heteroatoms. The Bertz CT molecular complexity index is 727. The number of aromatic nitrogens is 3. The maximum absolute atomic E-state index is 13.1. The van der Waals surface area contributed by atoms with Crippen LogP contribution in [0.15, 0.2) is 18.3 Å². The Balaban J connectivity index is 1.52. The first-order valence-corrected chi connectivity index (χ1v) is 9.08. The Labute approximate surface area is 143 Å². The molecule has 0 radical (unpaired) electrons. The molecule has 0 spiro atoms. The SMILES string of the molecule is Cc1cc(C(=O)N2CCCC(c3ccn[nH]3)C2)c(C)n1CC1CC1. The Morgan fingerprint density at radius 3 is 2.88 bits per heavy atom. The van der Waals surface area contributed by atoms with E-state index in [1.54, 1.807) is 6.20 Å². The van der Waals surface area contributed by atoms with Gasteiger partial charge in [0.25, 0.3) is 5.91 Å². The summed E-state index contributed by atoms with van der Waals surface area (Å²) in [4.78, 5) is 15.1. The number of nitrogens with one attached hydrogen (secondary N) is 1. The minimum absolute atomic E-state index is 0.189. The Hall–Kier alpha value is -2.04. The molecule has 1 aliphatic carbocycles. The lowest BCUT2D eigenvalue weighted by Crippen LogP contribution is -2.39. The van der Waals surface area contributed by atoms with Crippen molar-refractivity contribution in [3.8, 4) is 0 Å². The lowest BCUT2D eigenvalue weighted by atomic mass is 9.94. The molecule has 4 rings (SSSR count). The van der Waals surface area contributed by atoms with Crippen LogP contribution in [0.4, 0.5) is 0 Å². The van der Waals surface area contributed by atoms with E-state index in [2.05, 4.69) is 34.7 Å². The summed E-state index contributed by atoms with van der Waals surface area (Å²) in [6.07, 6.45) is 6.63. The van der Waals surface area contributed by atoms with E-state index in [4.69, 9.17) is 0 Å². The van der Waals surface area contributed by atoms with Crippen LogP contribution < -0.4 is 0 Å². The van der Waals surface area contributed by atoms with Gasteiger partial charge in [-0.1, -0.05) is 0 Å². The van der Waals surface area contributed by atoms with Crippen LogP contribution in [0.2, 0.25) is 0 Å². The molecular weight excluding hydrogens is 300 g/mol. The van der Waals surface area contributed by atoms with Crippen LogP contribution in [0.5, 0.6) is 0 Å². The summed E-state index contributed by atoms with van der Waals surface area (Å²) < 4.78 is 2.33. The molecule has 2 aromatic heterocycles. The van der Waals surface area contributed by atoms with Crippen LogP contribution in [0.1, 0.15) is 59.0 Å². The molecule has 0 bridgehead atoms. The van der Waals surface area contributed by atoms with Gasteiger partial charge in [0.1, 0.15) is 0 Å². The molecule has 3 heterocycles. The average Bonchev–Trinajstić information content (AvgIpc) is 3.16. The molecule has 1 N–H and O–H groups in total. The lowest BCUT2D eigenvalue weighted by Gasteiger charge is -2.32. The summed E-state index contributed by atoms with van der Waals surface area (Å²) >= 11 is 0. The Kier molecular flexibility index (Phi) is 3.94. The number of carbonyl (C=O) groups is 1. The number of aromatic amines is 1. The molecule has 1 aliphatic heterocycles. The van der Waals surface area contributed by atoms with Crippen LogP contribution in [-0.4, -0.2) is 38.7 Å². The van der Waals surface area contributed by atoms with E-state index >= 15 is 0 Å². The van der Waals surface area contributed by atoms with Gasteiger partial charge in [0, 0.05) is 48.8 Å². The largest absolute Gasteiger partial charge is 0.348 e. The van der Waals surface area contributed by atoms with Crippen molar-refractivity contribution >= 4 is 5.91 Å². The van der Waals surface area contributed by atoms with Gasteiger partial charge in [0.15, 0.2) is 0 Å². The second kappa shape index (κ2) is 6.11. The molecule has 1 amide bonds. The molecule has 128 valence electrons. The first-order chi connectivity index (χ1) is 11.6. The second-order valence-corrected chi connectivity index (χ2v) is 7.44. The van der Waals surface area contributed by atoms with Crippen LogP contribution >= 0.6 is 0 Å². The van der Waals surface area contributed by atoms with Gasteiger partial charge in [-0.05, 0) is 57.6 Å². The smallest absolute Gasteiger partial charge is 0.255 e. The van der Waals surface area contributed by atoms with Crippen molar-refractivity contribution in [3.63, 3.8) is 0 Å². The third-order valence-corrected chi connectivity index (χ3v) is 5.61. The fourth-order valence-corrected chi connectivity index (χ4v) is 3.94. The topological polar surface area (TPSA) is 53.9 Å². The number of nitrogens with zero attached hydrogens (tertiary/aromatic N) is 3. The molecule has 1 atom stereocenters. The summed E-state index contributed by atoms with van der Waals surface area (Å²) in [5.41, 5.74) is 4.38. The van der Waals surface area contributed by atoms with Crippen LogP contribution in [-0.2, 0) is 6.54 Å². The first-order valence-electron chi connectivity index (χ1n) is 9.08. The molecule has 2 aliphatic rings. The summed E-state index contributed by atoms with van der Waals surface area (Å²) in [6.45, 7) is 6.93. The number of piperidine rings is 1. The van der Waals surface area contributed by atoms with Crippen molar-refractivity contribution in [1.82, 2.24) is 19.7 Å². The Morgan fingerprint density at radius 1 is 1.33 bits per heavy atom. The van der Waals surface area contributed by atoms with E-state index in [-0.39, 0.29) is 5.91 Å². The van der Waals surface area contributed by atoms with Crippen molar-refractivity contribution in [3.05, 3.63) is 41.0 Å². The van der Waals surface area contributed by atoms with Gasteiger partial charge in [-0.2, -0.15) is 5.10 Å². The monoisotopic (exact) mass is 326 g/mol. The number of hydrogen-bond acceptors (Lipinski definition) is 2.